The molecule has 3 aromatic rings. The molecule has 0 saturated heterocycles. The summed E-state index contributed by atoms with van der Waals surface area (Å²) in [4.78, 5) is 37.0. The Balaban J connectivity index is 1.70. The highest BCUT2D eigenvalue weighted by molar-refractivity contribution is 9.10. The summed E-state index contributed by atoms with van der Waals surface area (Å²) in [7, 11) is 0. The Morgan fingerprint density at radius 3 is 2.12 bits per heavy atom. The second kappa shape index (κ2) is 10.7. The van der Waals surface area contributed by atoms with Gasteiger partial charge in [0.1, 0.15) is 5.75 Å². The van der Waals surface area contributed by atoms with Crippen molar-refractivity contribution in [2.24, 2.45) is 5.10 Å². The van der Waals surface area contributed by atoms with Crippen molar-refractivity contribution in [1.82, 2.24) is 5.43 Å². The highest BCUT2D eigenvalue weighted by atomic mass is 79.9. The van der Waals surface area contributed by atoms with Gasteiger partial charge in [0.2, 0.25) is 0 Å². The second-order valence-corrected chi connectivity index (χ2v) is 8.19. The number of hydrogen-bond donors (Lipinski definition) is 2. The minimum atomic E-state index is -0.920. The number of ether oxygens (including phenoxy) is 1. The Hall–Kier alpha value is -3.78. The number of anilines is 1. The Kier molecular flexibility index (Phi) is 7.74. The van der Waals surface area contributed by atoms with Crippen LogP contribution in [0.5, 0.6) is 5.75 Å². The van der Waals surface area contributed by atoms with Crippen molar-refractivity contribution in [3.05, 3.63) is 93.5 Å². The van der Waals surface area contributed by atoms with Gasteiger partial charge in [0.15, 0.2) is 0 Å². The smallest absolute Gasteiger partial charge is 0.344 e. The van der Waals surface area contributed by atoms with E-state index in [4.69, 9.17) is 4.74 Å². The molecule has 33 heavy (non-hydrogen) atoms. The van der Waals surface area contributed by atoms with Crippen LogP contribution < -0.4 is 15.5 Å². The number of amides is 2. The van der Waals surface area contributed by atoms with E-state index < -0.39 is 17.8 Å². The molecule has 0 radical (unpaired) electrons. The Morgan fingerprint density at radius 1 is 0.848 bits per heavy atom. The first-order valence-corrected chi connectivity index (χ1v) is 10.8. The predicted molar refractivity (Wildman–Crippen MR) is 130 cm³/mol. The number of carbonyl (C=O) groups excluding carboxylic acids is 3. The number of para-hydroxylation sites is 1. The maximum Gasteiger partial charge on any atom is 0.344 e. The van der Waals surface area contributed by atoms with Gasteiger partial charge in [0, 0.05) is 15.7 Å². The molecular formula is C25H22BrN3O4. The lowest BCUT2D eigenvalue weighted by Gasteiger charge is -2.11. The van der Waals surface area contributed by atoms with E-state index in [0.717, 1.165) is 11.1 Å². The maximum absolute atomic E-state index is 12.6. The molecular weight excluding hydrogens is 486 g/mol. The van der Waals surface area contributed by atoms with Crippen LogP contribution in [0.3, 0.4) is 0 Å². The average molecular weight is 508 g/mol. The third-order valence-corrected chi connectivity index (χ3v) is 5.28. The van der Waals surface area contributed by atoms with Crippen molar-refractivity contribution in [3.63, 3.8) is 0 Å². The van der Waals surface area contributed by atoms with Crippen molar-refractivity contribution < 1.29 is 19.1 Å². The summed E-state index contributed by atoms with van der Waals surface area (Å²) in [6, 6.07) is 19.2. The van der Waals surface area contributed by atoms with Gasteiger partial charge in [-0.1, -0.05) is 30.3 Å². The second-order valence-electron chi connectivity index (χ2n) is 7.33. The predicted octanol–water partition coefficient (Wildman–Crippen LogP) is 4.76. The van der Waals surface area contributed by atoms with Gasteiger partial charge < -0.3 is 10.1 Å². The molecule has 0 spiro atoms. The van der Waals surface area contributed by atoms with Gasteiger partial charge in [-0.05, 0) is 84.2 Å². The number of benzene rings is 3. The van der Waals surface area contributed by atoms with Crippen molar-refractivity contribution in [2.75, 3.05) is 5.32 Å². The zero-order valence-corrected chi connectivity index (χ0v) is 19.9. The third kappa shape index (κ3) is 6.36. The van der Waals surface area contributed by atoms with Crippen LogP contribution in [0.2, 0.25) is 0 Å². The van der Waals surface area contributed by atoms with E-state index in [0.29, 0.717) is 27.0 Å². The number of carbonyl (C=O) groups is 3. The first-order valence-electron chi connectivity index (χ1n) is 10.0. The summed E-state index contributed by atoms with van der Waals surface area (Å²) in [6.45, 7) is 5.43. The molecule has 0 saturated carbocycles. The SMILES string of the molecule is C/C(=N\NC(=O)C(=O)Nc1cc(C)cc(C)c1)c1ccccc1OC(=O)c1ccccc1Br. The van der Waals surface area contributed by atoms with Crippen LogP contribution in [0.25, 0.3) is 0 Å². The number of nitrogens with zero attached hydrogens (tertiary/aromatic N) is 1. The summed E-state index contributed by atoms with van der Waals surface area (Å²) in [5, 5.41) is 6.56. The molecule has 2 amide bonds. The Morgan fingerprint density at radius 2 is 1.45 bits per heavy atom. The van der Waals surface area contributed by atoms with Crippen LogP contribution in [0, 0.1) is 13.8 Å². The molecule has 0 bridgehead atoms. The standard InChI is InChI=1S/C25H22BrN3O4/c1-15-12-16(2)14-18(13-15)27-23(30)24(31)29-28-17(3)19-8-5-7-11-22(19)33-25(32)20-9-4-6-10-21(20)26/h4-14H,1-3H3,(H,27,30)(H,29,31)/b28-17+. The molecule has 8 heteroatoms. The number of hydrazone groups is 1. The number of esters is 1. The summed E-state index contributed by atoms with van der Waals surface area (Å²) < 4.78 is 6.16. The monoisotopic (exact) mass is 507 g/mol. The summed E-state index contributed by atoms with van der Waals surface area (Å²) >= 11 is 3.33. The molecule has 0 aliphatic rings. The van der Waals surface area contributed by atoms with E-state index >= 15 is 0 Å². The lowest BCUT2D eigenvalue weighted by molar-refractivity contribution is -0.136. The first-order chi connectivity index (χ1) is 15.7. The minimum absolute atomic E-state index is 0.272. The molecule has 0 aromatic heterocycles. The zero-order valence-electron chi connectivity index (χ0n) is 18.3. The molecule has 0 atom stereocenters. The summed E-state index contributed by atoms with van der Waals surface area (Å²) in [6.07, 6.45) is 0. The number of halogens is 1. The van der Waals surface area contributed by atoms with Gasteiger partial charge in [0.05, 0.1) is 11.3 Å². The van der Waals surface area contributed by atoms with E-state index in [1.165, 1.54) is 0 Å². The first kappa shape index (κ1) is 23.9. The van der Waals surface area contributed by atoms with Gasteiger partial charge in [-0.3, -0.25) is 9.59 Å². The molecule has 0 heterocycles. The number of hydrogen-bond acceptors (Lipinski definition) is 5. The average Bonchev–Trinajstić information content (AvgIpc) is 2.77. The molecule has 0 aliphatic heterocycles. The fourth-order valence-corrected chi connectivity index (χ4v) is 3.56. The van der Waals surface area contributed by atoms with Crippen LogP contribution in [-0.2, 0) is 9.59 Å². The van der Waals surface area contributed by atoms with Crippen molar-refractivity contribution in [3.8, 4) is 5.75 Å². The third-order valence-electron chi connectivity index (χ3n) is 4.58. The van der Waals surface area contributed by atoms with Gasteiger partial charge in [-0.25, -0.2) is 10.2 Å². The van der Waals surface area contributed by atoms with Crippen molar-refractivity contribution in [2.45, 2.75) is 20.8 Å². The lowest BCUT2D eigenvalue weighted by atomic mass is 10.1. The Bertz CT molecular complexity index is 1230. The molecule has 0 fully saturated rings. The maximum atomic E-state index is 12.6. The quantitative estimate of drug-likeness (QED) is 0.171. The van der Waals surface area contributed by atoms with E-state index in [9.17, 15) is 14.4 Å². The normalized spacial score (nSPS) is 11.0. The number of aryl methyl sites for hydroxylation is 2. The summed E-state index contributed by atoms with van der Waals surface area (Å²) in [5.41, 5.74) is 5.92. The molecule has 7 nitrogen and oxygen atoms in total. The fraction of sp³-hybridized carbons (Fsp3) is 0.120. The number of rotatable bonds is 5. The highest BCUT2D eigenvalue weighted by Crippen LogP contribution is 2.23. The summed E-state index contributed by atoms with van der Waals surface area (Å²) in [5.74, 6) is -2.03. The van der Waals surface area contributed by atoms with E-state index in [1.54, 1.807) is 67.6 Å². The van der Waals surface area contributed by atoms with Crippen LogP contribution in [-0.4, -0.2) is 23.5 Å². The van der Waals surface area contributed by atoms with E-state index in [-0.39, 0.29) is 5.75 Å². The van der Waals surface area contributed by atoms with Gasteiger partial charge in [-0.2, -0.15) is 5.10 Å². The van der Waals surface area contributed by atoms with Crippen molar-refractivity contribution in [1.29, 1.82) is 0 Å². The zero-order chi connectivity index (χ0) is 24.0. The Labute approximate surface area is 200 Å². The fourth-order valence-electron chi connectivity index (χ4n) is 3.12. The topological polar surface area (TPSA) is 96.9 Å². The van der Waals surface area contributed by atoms with Crippen LogP contribution in [0.4, 0.5) is 5.69 Å². The molecule has 168 valence electrons. The van der Waals surface area contributed by atoms with Crippen LogP contribution in [0.15, 0.2) is 76.3 Å². The molecule has 3 rings (SSSR count). The lowest BCUT2D eigenvalue weighted by Crippen LogP contribution is -2.33. The van der Waals surface area contributed by atoms with Crippen LogP contribution >= 0.6 is 15.9 Å². The van der Waals surface area contributed by atoms with Crippen LogP contribution in [0.1, 0.15) is 34.0 Å². The minimum Gasteiger partial charge on any atom is -0.422 e. The van der Waals surface area contributed by atoms with E-state index in [1.807, 2.05) is 19.9 Å². The van der Waals surface area contributed by atoms with Crippen molar-refractivity contribution >= 4 is 45.1 Å². The van der Waals surface area contributed by atoms with E-state index in [2.05, 4.69) is 31.8 Å². The van der Waals surface area contributed by atoms with Gasteiger partial charge in [0.25, 0.3) is 0 Å². The van der Waals surface area contributed by atoms with Gasteiger partial charge >= 0.3 is 17.8 Å². The molecule has 0 unspecified atom stereocenters. The highest BCUT2D eigenvalue weighted by Gasteiger charge is 2.17. The van der Waals surface area contributed by atoms with Gasteiger partial charge in [-0.15, -0.1) is 0 Å². The molecule has 3 aromatic carbocycles. The molecule has 0 aliphatic carbocycles. The number of nitrogens with one attached hydrogen (secondary N) is 2. The molecule has 2 N–H and O–H groups in total. The largest absolute Gasteiger partial charge is 0.422 e.